The predicted molar refractivity (Wildman–Crippen MR) is 337 cm³/mol. The second-order valence-corrected chi connectivity index (χ2v) is 26.2. The summed E-state index contributed by atoms with van der Waals surface area (Å²) in [5.41, 5.74) is 11.4. The Kier molecular flexibility index (Phi) is 24.6. The zero-order chi connectivity index (χ0) is 55.2. The number of aryl methyl sites for hydroxylation is 4. The number of quaternary nitrogens is 1. The monoisotopic (exact) mass is 1070 g/mol. The highest BCUT2D eigenvalue weighted by atomic mass is 16.3. The van der Waals surface area contributed by atoms with Gasteiger partial charge in [-0.05, 0) is 122 Å². The lowest BCUT2D eigenvalue weighted by Gasteiger charge is -2.37. The van der Waals surface area contributed by atoms with Crippen LogP contribution < -0.4 is 0 Å². The summed E-state index contributed by atoms with van der Waals surface area (Å²) in [4.78, 5) is 12.0. The Bertz CT molecular complexity index is 2410. The van der Waals surface area contributed by atoms with Crippen LogP contribution in [0.4, 0.5) is 0 Å². The van der Waals surface area contributed by atoms with Gasteiger partial charge in [-0.3, -0.25) is 9.97 Å². The molecule has 5 heterocycles. The Morgan fingerprint density at radius 1 is 0.380 bits per heavy atom. The van der Waals surface area contributed by atoms with Crippen LogP contribution in [-0.2, 0) is 63.1 Å². The van der Waals surface area contributed by atoms with Crippen molar-refractivity contribution in [3.05, 3.63) is 117 Å². The molecule has 10 rings (SSSR count). The molecule has 5 heteroatoms. The van der Waals surface area contributed by atoms with E-state index in [0.717, 1.165) is 145 Å². The Hall–Kier alpha value is -3.64. The van der Waals surface area contributed by atoms with Crippen LogP contribution in [0, 0.1) is 0 Å². The van der Waals surface area contributed by atoms with Crippen molar-refractivity contribution >= 4 is 21.5 Å². The van der Waals surface area contributed by atoms with Crippen LogP contribution in [0.2, 0.25) is 0 Å². The van der Waals surface area contributed by atoms with E-state index < -0.39 is 11.2 Å². The smallest absolute Gasteiger partial charge is 0.107 e. The lowest BCUT2D eigenvalue weighted by atomic mass is 9.82. The summed E-state index contributed by atoms with van der Waals surface area (Å²) >= 11 is 0. The van der Waals surface area contributed by atoms with Crippen molar-refractivity contribution in [1.82, 2.24) is 9.97 Å². The first kappa shape index (κ1) is 61.4. The molecule has 0 saturated carbocycles. The fourth-order valence-corrected chi connectivity index (χ4v) is 15.0. The summed E-state index contributed by atoms with van der Waals surface area (Å²) in [7, 11) is 0. The van der Waals surface area contributed by atoms with Gasteiger partial charge in [-0.1, -0.05) is 256 Å². The minimum absolute atomic E-state index is 0.814. The summed E-state index contributed by atoms with van der Waals surface area (Å²) in [5.74, 6) is 0. The maximum atomic E-state index is 13.3. The van der Waals surface area contributed by atoms with Gasteiger partial charge in [0.2, 0.25) is 0 Å². The van der Waals surface area contributed by atoms with Crippen molar-refractivity contribution in [2.24, 2.45) is 0 Å². The van der Waals surface area contributed by atoms with Gasteiger partial charge in [0.05, 0.1) is 11.4 Å². The number of aliphatic hydroxyl groups is 2. The van der Waals surface area contributed by atoms with E-state index in [4.69, 9.17) is 9.97 Å². The van der Waals surface area contributed by atoms with Gasteiger partial charge >= 0.3 is 0 Å². The number of benzene rings is 3. The van der Waals surface area contributed by atoms with Crippen LogP contribution in [0.25, 0.3) is 21.5 Å². The molecule has 0 amide bonds. The van der Waals surface area contributed by atoms with Gasteiger partial charge in [0.1, 0.15) is 37.4 Å². The zero-order valence-electron chi connectivity index (χ0n) is 51.1. The van der Waals surface area contributed by atoms with Gasteiger partial charge in [-0.2, -0.15) is 0 Å². The molecule has 0 saturated heterocycles. The number of hydrogen-bond acceptors (Lipinski definition) is 4. The van der Waals surface area contributed by atoms with Crippen LogP contribution >= 0.6 is 0 Å². The largest absolute Gasteiger partial charge is 0.384 e. The van der Waals surface area contributed by atoms with Crippen molar-refractivity contribution in [3.63, 3.8) is 0 Å². The molecule has 434 valence electrons. The van der Waals surface area contributed by atoms with E-state index in [9.17, 15) is 10.2 Å². The van der Waals surface area contributed by atoms with Gasteiger partial charge in [0.15, 0.2) is 0 Å². The van der Waals surface area contributed by atoms with Crippen LogP contribution in [0.5, 0.6) is 0 Å². The molecule has 0 spiro atoms. The maximum absolute atomic E-state index is 13.3. The Labute approximate surface area is 482 Å². The number of fused-ring (bicyclic) bond motifs is 28. The number of aromatic nitrogens is 2. The third-order valence-corrected chi connectivity index (χ3v) is 19.6. The average molecular weight is 1080 g/mol. The molecule has 3 aliphatic heterocycles. The molecule has 0 radical (unpaired) electrons. The van der Waals surface area contributed by atoms with E-state index in [2.05, 4.69) is 88.4 Å². The number of nitrogens with zero attached hydrogens (tertiary/aromatic N) is 3. The number of pyridine rings is 2. The lowest BCUT2D eigenvalue weighted by molar-refractivity contribution is -0.972. The molecule has 79 heavy (non-hydrogen) atoms. The van der Waals surface area contributed by atoms with Crippen molar-refractivity contribution in [2.45, 2.75) is 322 Å². The average Bonchev–Trinajstić information content (AvgIpc) is 4.12. The third-order valence-electron chi connectivity index (χ3n) is 19.6. The molecule has 0 atom stereocenters. The van der Waals surface area contributed by atoms with Crippen molar-refractivity contribution in [3.8, 4) is 0 Å². The first-order valence-corrected chi connectivity index (χ1v) is 34.0. The Morgan fingerprint density at radius 3 is 1.01 bits per heavy atom. The highest BCUT2D eigenvalue weighted by Crippen LogP contribution is 2.46. The molecule has 3 aromatic carbocycles. The second kappa shape index (κ2) is 31.7. The summed E-state index contributed by atoms with van der Waals surface area (Å²) < 4.78 is 0.908. The number of unbranched alkanes of at least 4 members (excludes halogenated alkanes) is 12. The highest BCUT2D eigenvalue weighted by Gasteiger charge is 2.42. The number of hydrogen-bond donors (Lipinski definition) is 2. The fraction of sp³-hybridized carbons (Fsp3) is 0.676. The topological polar surface area (TPSA) is 66.2 Å². The van der Waals surface area contributed by atoms with Crippen molar-refractivity contribution in [1.29, 1.82) is 0 Å². The zero-order valence-corrected chi connectivity index (χ0v) is 51.1. The standard InChI is InChI=1S/C74H112N3O2/c1-5-9-13-37-49-73(78,50-38-14-10-6-2)71-59-41-29-25-21-17-19-23-27-31-47-69(75-71)61(53-59)55-77(57-67-65-45-35-33-43-63(65)64-44-34-36-46-66(64)68(67)58-77)56-62-54-60-42-30-26-22-18-20-24-28-32-48-70(62)76-72(60)74(79,51-39-15-11-7-3)52-40-16-12-8-4/h33-36,43-46,53-54,78-79H,5-32,37-42,47-52,55-58H2,1-4H3/q+1. The van der Waals surface area contributed by atoms with Crippen molar-refractivity contribution < 1.29 is 14.7 Å². The lowest BCUT2D eigenvalue weighted by Crippen LogP contribution is -2.42. The van der Waals surface area contributed by atoms with E-state index in [0.29, 0.717) is 0 Å². The van der Waals surface area contributed by atoms with Gasteiger partial charge in [-0.25, -0.2) is 0 Å². The van der Waals surface area contributed by atoms with Gasteiger partial charge in [0, 0.05) is 33.6 Å². The summed E-state index contributed by atoms with van der Waals surface area (Å²) in [6.45, 7) is 13.0. The Morgan fingerprint density at radius 2 is 0.684 bits per heavy atom. The van der Waals surface area contributed by atoms with Crippen LogP contribution in [0.3, 0.4) is 0 Å². The molecular weight excluding hydrogens is 963 g/mol. The first-order valence-electron chi connectivity index (χ1n) is 34.0. The molecule has 5 nitrogen and oxygen atoms in total. The summed E-state index contributed by atoms with van der Waals surface area (Å²) in [6, 6.07) is 23.9. The molecule has 5 aromatic rings. The summed E-state index contributed by atoms with van der Waals surface area (Å²) in [5, 5.41) is 32.2. The molecule has 2 aromatic heterocycles. The van der Waals surface area contributed by atoms with Crippen LogP contribution in [0.1, 0.15) is 315 Å². The molecule has 0 unspecified atom stereocenters. The van der Waals surface area contributed by atoms with Gasteiger partial charge in [0.25, 0.3) is 0 Å². The molecule has 0 fully saturated rings. The third kappa shape index (κ3) is 16.8. The molecular formula is C74H112N3O2+. The highest BCUT2D eigenvalue weighted by molar-refractivity contribution is 6.10. The minimum atomic E-state index is -0.901. The normalized spacial score (nSPS) is 17.1. The summed E-state index contributed by atoms with van der Waals surface area (Å²) in [6.07, 6.45) is 46.0. The van der Waals surface area contributed by atoms with Crippen LogP contribution in [0.15, 0.2) is 60.7 Å². The fourth-order valence-electron chi connectivity index (χ4n) is 15.0. The second-order valence-electron chi connectivity index (χ2n) is 26.2. The first-order chi connectivity index (χ1) is 38.7. The Balaban J connectivity index is 1.31. The van der Waals surface area contributed by atoms with Crippen molar-refractivity contribution in [2.75, 3.05) is 0 Å². The van der Waals surface area contributed by atoms with E-state index >= 15 is 0 Å². The molecule has 4 bridgehead atoms. The van der Waals surface area contributed by atoms with E-state index in [-0.39, 0.29) is 0 Å². The quantitative estimate of drug-likeness (QED) is 0.0329. The maximum Gasteiger partial charge on any atom is 0.107 e. The van der Waals surface area contributed by atoms with E-state index in [1.165, 1.54) is 220 Å². The van der Waals surface area contributed by atoms with Gasteiger partial charge in [-0.15, -0.1) is 0 Å². The molecule has 2 N–H and O–H groups in total. The molecule has 2 aliphatic carbocycles. The van der Waals surface area contributed by atoms with Crippen LogP contribution in [-0.4, -0.2) is 24.7 Å². The SMILES string of the molecule is CCCCCCC(O)(CCCCCC)c1nc2c(C[N+]3(Cc4cc5c(C(O)(CCCCCC)CCCCCC)nc4CCCCCCCCCC5)Cc4c(c5ccccc5c5ccccc45)C3)cc1CCCCCCCCCC2. The van der Waals surface area contributed by atoms with Gasteiger partial charge < -0.3 is 14.7 Å². The van der Waals surface area contributed by atoms with E-state index in [1.54, 1.807) is 0 Å². The minimum Gasteiger partial charge on any atom is -0.384 e. The predicted octanol–water partition coefficient (Wildman–Crippen LogP) is 20.7. The molecule has 5 aliphatic rings. The number of rotatable bonds is 26. The van der Waals surface area contributed by atoms with E-state index in [1.807, 2.05) is 0 Å².